The first-order valence-electron chi connectivity index (χ1n) is 4.57. The molecule has 1 N–H and O–H groups in total. The minimum Gasteiger partial charge on any atom is -0.350 e. The first-order valence-corrected chi connectivity index (χ1v) is 4.57. The maximum Gasteiger partial charge on any atom is 0.244 e. The first-order chi connectivity index (χ1) is 6.68. The topological polar surface area (TPSA) is 42.0 Å². The summed E-state index contributed by atoms with van der Waals surface area (Å²) in [5, 5.41) is 2.77. The Morgan fingerprint density at radius 1 is 1.57 bits per heavy atom. The zero-order valence-electron chi connectivity index (χ0n) is 8.40. The van der Waals surface area contributed by atoms with E-state index < -0.39 is 0 Å². The average Bonchev–Trinajstić information content (AvgIpc) is 2.15. The van der Waals surface area contributed by atoms with Crippen molar-refractivity contribution in [2.45, 2.75) is 19.9 Å². The molecule has 0 aliphatic carbocycles. The highest BCUT2D eigenvalue weighted by atomic mass is 16.1. The van der Waals surface area contributed by atoms with E-state index in [9.17, 15) is 4.79 Å². The molecule has 0 unspecified atom stereocenters. The molecule has 0 atom stereocenters. The van der Waals surface area contributed by atoms with Gasteiger partial charge in [0.05, 0.1) is 0 Å². The summed E-state index contributed by atoms with van der Waals surface area (Å²) < 4.78 is 0. The number of aromatic nitrogens is 1. The van der Waals surface area contributed by atoms with E-state index >= 15 is 0 Å². The summed E-state index contributed by atoms with van der Waals surface area (Å²) in [4.78, 5) is 15.1. The van der Waals surface area contributed by atoms with Crippen molar-refractivity contribution < 1.29 is 4.79 Å². The van der Waals surface area contributed by atoms with Crippen molar-refractivity contribution in [3.63, 3.8) is 0 Å². The summed E-state index contributed by atoms with van der Waals surface area (Å²) in [6, 6.07) is 3.90. The Morgan fingerprint density at radius 2 is 2.36 bits per heavy atom. The van der Waals surface area contributed by atoms with Gasteiger partial charge in [0.2, 0.25) is 5.91 Å². The Balaban J connectivity index is 2.52. The predicted octanol–water partition coefficient (Wildman–Crippen LogP) is 1.62. The van der Waals surface area contributed by atoms with E-state index in [2.05, 4.69) is 10.3 Å². The van der Waals surface area contributed by atoms with Crippen molar-refractivity contribution in [3.8, 4) is 0 Å². The molecule has 1 rings (SSSR count). The molecule has 1 aromatic heterocycles. The third-order valence-corrected chi connectivity index (χ3v) is 1.54. The molecule has 0 fully saturated rings. The number of rotatable bonds is 3. The van der Waals surface area contributed by atoms with Crippen molar-refractivity contribution >= 4 is 12.0 Å². The summed E-state index contributed by atoms with van der Waals surface area (Å²) in [6.45, 7) is 3.85. The molecule has 0 aliphatic rings. The number of nitrogens with one attached hydrogen (secondary N) is 1. The van der Waals surface area contributed by atoms with Crippen molar-refractivity contribution in [1.29, 1.82) is 0 Å². The van der Waals surface area contributed by atoms with Gasteiger partial charge in [-0.3, -0.25) is 9.78 Å². The highest BCUT2D eigenvalue weighted by molar-refractivity contribution is 5.91. The molecule has 1 heterocycles. The molecule has 1 aromatic rings. The standard InChI is InChI=1S/C11H14N2O/c1-9(2)13-11(14)6-5-10-4-3-7-12-8-10/h3-9H,1-2H3,(H,13,14)/b6-5+. The van der Waals surface area contributed by atoms with E-state index in [4.69, 9.17) is 0 Å². The third kappa shape index (κ3) is 3.85. The third-order valence-electron chi connectivity index (χ3n) is 1.54. The van der Waals surface area contributed by atoms with Crippen LogP contribution in [0.15, 0.2) is 30.6 Å². The normalized spacial score (nSPS) is 10.8. The largest absolute Gasteiger partial charge is 0.350 e. The van der Waals surface area contributed by atoms with Crippen LogP contribution in [0.3, 0.4) is 0 Å². The van der Waals surface area contributed by atoms with E-state index in [-0.39, 0.29) is 11.9 Å². The molecule has 0 aliphatic heterocycles. The van der Waals surface area contributed by atoms with Crippen LogP contribution in [0.4, 0.5) is 0 Å². The lowest BCUT2D eigenvalue weighted by Gasteiger charge is -2.03. The molecule has 0 aromatic carbocycles. The molecule has 14 heavy (non-hydrogen) atoms. The Kier molecular flexibility index (Phi) is 3.85. The lowest BCUT2D eigenvalue weighted by atomic mass is 10.2. The SMILES string of the molecule is CC(C)NC(=O)/C=C/c1cccnc1. The Labute approximate surface area is 83.9 Å². The number of carbonyl (C=O) groups excluding carboxylic acids is 1. The van der Waals surface area contributed by atoms with E-state index in [1.807, 2.05) is 26.0 Å². The summed E-state index contributed by atoms with van der Waals surface area (Å²) in [6.07, 6.45) is 6.66. The van der Waals surface area contributed by atoms with Gasteiger partial charge < -0.3 is 5.32 Å². The van der Waals surface area contributed by atoms with Gasteiger partial charge >= 0.3 is 0 Å². The number of pyridine rings is 1. The fourth-order valence-electron chi connectivity index (χ4n) is 0.979. The molecule has 3 nitrogen and oxygen atoms in total. The molecule has 0 saturated heterocycles. The number of nitrogens with zero attached hydrogens (tertiary/aromatic N) is 1. The van der Waals surface area contributed by atoms with E-state index in [1.165, 1.54) is 6.08 Å². The molecule has 0 radical (unpaired) electrons. The Morgan fingerprint density at radius 3 is 2.93 bits per heavy atom. The van der Waals surface area contributed by atoms with Crippen LogP contribution in [0.25, 0.3) is 6.08 Å². The highest BCUT2D eigenvalue weighted by Crippen LogP contribution is 1.97. The van der Waals surface area contributed by atoms with Crippen LogP contribution < -0.4 is 5.32 Å². The Bertz CT molecular complexity index is 317. The van der Waals surface area contributed by atoms with Crippen LogP contribution in [0, 0.1) is 0 Å². The Hall–Kier alpha value is -1.64. The summed E-state index contributed by atoms with van der Waals surface area (Å²) in [7, 11) is 0. The summed E-state index contributed by atoms with van der Waals surface area (Å²) >= 11 is 0. The smallest absolute Gasteiger partial charge is 0.244 e. The molecule has 3 heteroatoms. The van der Waals surface area contributed by atoms with E-state index in [0.29, 0.717) is 0 Å². The van der Waals surface area contributed by atoms with Crippen molar-refractivity contribution in [2.24, 2.45) is 0 Å². The van der Waals surface area contributed by atoms with Gasteiger partial charge in [-0.15, -0.1) is 0 Å². The monoisotopic (exact) mass is 190 g/mol. The maximum absolute atomic E-state index is 11.2. The number of hydrogen-bond acceptors (Lipinski definition) is 2. The van der Waals surface area contributed by atoms with Gasteiger partial charge in [-0.2, -0.15) is 0 Å². The van der Waals surface area contributed by atoms with Gasteiger partial charge in [-0.1, -0.05) is 6.07 Å². The molecule has 74 valence electrons. The quantitative estimate of drug-likeness (QED) is 0.736. The van der Waals surface area contributed by atoms with Gasteiger partial charge in [0.15, 0.2) is 0 Å². The minimum atomic E-state index is -0.0798. The van der Waals surface area contributed by atoms with Crippen LogP contribution in [0.2, 0.25) is 0 Å². The highest BCUT2D eigenvalue weighted by Gasteiger charge is 1.96. The number of carbonyl (C=O) groups is 1. The molecular weight excluding hydrogens is 176 g/mol. The number of amides is 1. The van der Waals surface area contributed by atoms with Gasteiger partial charge in [-0.05, 0) is 31.6 Å². The van der Waals surface area contributed by atoms with Crippen LogP contribution in [0.5, 0.6) is 0 Å². The van der Waals surface area contributed by atoms with Crippen molar-refractivity contribution in [1.82, 2.24) is 10.3 Å². The molecule has 0 bridgehead atoms. The molecular formula is C11H14N2O. The second-order valence-electron chi connectivity index (χ2n) is 3.28. The van der Waals surface area contributed by atoms with Gasteiger partial charge in [0.25, 0.3) is 0 Å². The first kappa shape index (κ1) is 10.4. The van der Waals surface area contributed by atoms with Crippen molar-refractivity contribution in [3.05, 3.63) is 36.2 Å². The molecule has 0 spiro atoms. The lowest BCUT2D eigenvalue weighted by Crippen LogP contribution is -2.28. The maximum atomic E-state index is 11.2. The van der Waals surface area contributed by atoms with Crippen LogP contribution >= 0.6 is 0 Å². The predicted molar refractivity (Wildman–Crippen MR) is 56.5 cm³/mol. The zero-order valence-corrected chi connectivity index (χ0v) is 8.40. The summed E-state index contributed by atoms with van der Waals surface area (Å²) in [5.74, 6) is -0.0798. The van der Waals surface area contributed by atoms with Crippen molar-refractivity contribution in [2.75, 3.05) is 0 Å². The minimum absolute atomic E-state index is 0.0798. The second kappa shape index (κ2) is 5.17. The molecule has 1 amide bonds. The van der Waals surface area contributed by atoms with Gasteiger partial charge in [0, 0.05) is 24.5 Å². The van der Waals surface area contributed by atoms with Crippen LogP contribution in [0.1, 0.15) is 19.4 Å². The van der Waals surface area contributed by atoms with E-state index in [1.54, 1.807) is 18.5 Å². The summed E-state index contributed by atoms with van der Waals surface area (Å²) in [5.41, 5.74) is 0.923. The fourth-order valence-corrected chi connectivity index (χ4v) is 0.979. The zero-order chi connectivity index (χ0) is 10.4. The lowest BCUT2D eigenvalue weighted by molar-refractivity contribution is -0.116. The molecule has 0 saturated carbocycles. The second-order valence-corrected chi connectivity index (χ2v) is 3.28. The van der Waals surface area contributed by atoms with Gasteiger partial charge in [-0.25, -0.2) is 0 Å². The van der Waals surface area contributed by atoms with E-state index in [0.717, 1.165) is 5.56 Å². The van der Waals surface area contributed by atoms with Crippen LogP contribution in [-0.4, -0.2) is 16.9 Å². The number of hydrogen-bond donors (Lipinski definition) is 1. The van der Waals surface area contributed by atoms with Crippen LogP contribution in [-0.2, 0) is 4.79 Å². The van der Waals surface area contributed by atoms with Gasteiger partial charge in [0.1, 0.15) is 0 Å². The fraction of sp³-hybridized carbons (Fsp3) is 0.273. The average molecular weight is 190 g/mol.